The van der Waals surface area contributed by atoms with E-state index in [-0.39, 0.29) is 19.0 Å². The van der Waals surface area contributed by atoms with E-state index >= 15 is 0 Å². The summed E-state index contributed by atoms with van der Waals surface area (Å²) in [5, 5.41) is 2.86. The summed E-state index contributed by atoms with van der Waals surface area (Å²) in [4.78, 5) is 0. The van der Waals surface area contributed by atoms with E-state index in [4.69, 9.17) is 4.74 Å². The van der Waals surface area contributed by atoms with Crippen molar-refractivity contribution >= 4 is 22.4 Å². The van der Waals surface area contributed by atoms with Crippen LogP contribution in [-0.4, -0.2) is 57.9 Å². The van der Waals surface area contributed by atoms with E-state index in [1.54, 1.807) is 11.2 Å². The molecule has 0 aromatic heterocycles. The van der Waals surface area contributed by atoms with E-state index in [1.807, 2.05) is 0 Å². The molecule has 0 aromatic rings. The molecule has 3 atom stereocenters. The van der Waals surface area contributed by atoms with Crippen LogP contribution in [0.15, 0.2) is 0 Å². The van der Waals surface area contributed by atoms with Crippen molar-refractivity contribution in [1.82, 2.24) is 9.62 Å². The minimum Gasteiger partial charge on any atom is -0.383 e. The van der Waals surface area contributed by atoms with Crippen LogP contribution in [0.1, 0.15) is 6.92 Å². The van der Waals surface area contributed by atoms with Gasteiger partial charge in [-0.05, 0) is 31.8 Å². The molecule has 0 amide bonds. The van der Waals surface area contributed by atoms with Gasteiger partial charge in [0.25, 0.3) is 0 Å². The van der Waals surface area contributed by atoms with Crippen LogP contribution in [0.3, 0.4) is 0 Å². The van der Waals surface area contributed by atoms with E-state index in [2.05, 4.69) is 5.32 Å². The number of nitrogens with zero attached hydrogens (tertiary/aromatic N) is 1. The number of sulfonamides is 1. The Labute approximate surface area is 109 Å². The zero-order chi connectivity index (χ0) is 11.8. The molecule has 0 aromatic carbocycles. The molecule has 0 bridgehead atoms. The molecule has 102 valence electrons. The van der Waals surface area contributed by atoms with Gasteiger partial charge in [-0.3, -0.25) is 0 Å². The molecule has 0 aliphatic carbocycles. The fraction of sp³-hybridized carbons (Fsp3) is 1.00. The van der Waals surface area contributed by atoms with Gasteiger partial charge in [-0.1, -0.05) is 0 Å². The van der Waals surface area contributed by atoms with Gasteiger partial charge in [-0.25, -0.2) is 12.7 Å². The highest BCUT2D eigenvalue weighted by molar-refractivity contribution is 7.89. The Morgan fingerprint density at radius 3 is 2.35 bits per heavy atom. The molecule has 2 fully saturated rings. The van der Waals surface area contributed by atoms with Crippen molar-refractivity contribution in [2.45, 2.75) is 12.2 Å². The van der Waals surface area contributed by atoms with Gasteiger partial charge in [0.2, 0.25) is 10.0 Å². The second-order valence-corrected chi connectivity index (χ2v) is 7.16. The molecule has 0 spiro atoms. The first kappa shape index (κ1) is 15.2. The van der Waals surface area contributed by atoms with Crippen LogP contribution in [0, 0.1) is 11.8 Å². The summed E-state index contributed by atoms with van der Waals surface area (Å²) < 4.78 is 30.9. The van der Waals surface area contributed by atoms with Gasteiger partial charge in [-0.2, -0.15) is 0 Å². The average molecular weight is 285 g/mol. The van der Waals surface area contributed by atoms with Crippen molar-refractivity contribution in [3.05, 3.63) is 0 Å². The molecule has 2 saturated heterocycles. The minimum atomic E-state index is -3.16. The number of halogens is 1. The summed E-state index contributed by atoms with van der Waals surface area (Å²) in [6.45, 7) is 5.24. The molecule has 7 heteroatoms. The van der Waals surface area contributed by atoms with Crippen molar-refractivity contribution in [1.29, 1.82) is 0 Å². The number of ether oxygens (including phenoxy) is 1. The Morgan fingerprint density at radius 2 is 1.88 bits per heavy atom. The highest BCUT2D eigenvalue weighted by atomic mass is 35.5. The van der Waals surface area contributed by atoms with Crippen LogP contribution in [0.5, 0.6) is 0 Å². The largest absolute Gasteiger partial charge is 0.383 e. The highest BCUT2D eigenvalue weighted by Crippen LogP contribution is 2.29. The van der Waals surface area contributed by atoms with Gasteiger partial charge in [0.15, 0.2) is 0 Å². The number of fused-ring (bicyclic) bond motifs is 1. The van der Waals surface area contributed by atoms with Crippen molar-refractivity contribution in [2.24, 2.45) is 11.8 Å². The van der Waals surface area contributed by atoms with Gasteiger partial charge >= 0.3 is 0 Å². The molecule has 0 saturated carbocycles. The second kappa shape index (κ2) is 5.84. The van der Waals surface area contributed by atoms with Gasteiger partial charge in [0.1, 0.15) is 0 Å². The molecular formula is C10H21ClN2O3S. The SMILES string of the molecule is COCC(C)S(=O)(=O)N1C[C@H]2CNC[C@H]2C1.Cl. The maximum absolute atomic E-state index is 12.2. The summed E-state index contributed by atoms with van der Waals surface area (Å²) in [5.74, 6) is 1.01. The molecule has 1 N–H and O–H groups in total. The van der Waals surface area contributed by atoms with E-state index in [1.165, 1.54) is 7.11 Å². The summed E-state index contributed by atoms with van der Waals surface area (Å²) >= 11 is 0. The summed E-state index contributed by atoms with van der Waals surface area (Å²) in [7, 11) is -1.63. The van der Waals surface area contributed by atoms with E-state index < -0.39 is 15.3 Å². The van der Waals surface area contributed by atoms with Crippen LogP contribution in [-0.2, 0) is 14.8 Å². The smallest absolute Gasteiger partial charge is 0.219 e. The van der Waals surface area contributed by atoms with Gasteiger partial charge < -0.3 is 10.1 Å². The lowest BCUT2D eigenvalue weighted by atomic mass is 10.0. The number of methoxy groups -OCH3 is 1. The quantitative estimate of drug-likeness (QED) is 0.785. The first-order valence-corrected chi connectivity index (χ1v) is 7.24. The Bertz CT molecular complexity index is 337. The van der Waals surface area contributed by atoms with Gasteiger partial charge in [-0.15, -0.1) is 12.4 Å². The number of hydrogen-bond acceptors (Lipinski definition) is 4. The monoisotopic (exact) mass is 284 g/mol. The number of rotatable bonds is 4. The van der Waals surface area contributed by atoms with Crippen LogP contribution < -0.4 is 5.32 Å². The molecule has 2 aliphatic rings. The first-order chi connectivity index (χ1) is 7.55. The molecule has 0 radical (unpaired) electrons. The minimum absolute atomic E-state index is 0. The lowest BCUT2D eigenvalue weighted by Crippen LogP contribution is -2.39. The topological polar surface area (TPSA) is 58.6 Å². The van der Waals surface area contributed by atoms with Gasteiger partial charge in [0, 0.05) is 20.2 Å². The fourth-order valence-electron chi connectivity index (χ4n) is 2.60. The lowest BCUT2D eigenvalue weighted by molar-refractivity contribution is 0.198. The molecule has 5 nitrogen and oxygen atoms in total. The Balaban J connectivity index is 0.00000144. The lowest BCUT2D eigenvalue weighted by Gasteiger charge is -2.21. The average Bonchev–Trinajstić information content (AvgIpc) is 2.76. The maximum Gasteiger partial charge on any atom is 0.219 e. The van der Waals surface area contributed by atoms with E-state index in [9.17, 15) is 8.42 Å². The third-order valence-corrected chi connectivity index (χ3v) is 5.80. The Kier molecular flexibility index (Phi) is 5.21. The summed E-state index contributed by atoms with van der Waals surface area (Å²) in [5.41, 5.74) is 0. The maximum atomic E-state index is 12.2. The van der Waals surface area contributed by atoms with E-state index in [0.29, 0.717) is 24.9 Å². The van der Waals surface area contributed by atoms with Crippen LogP contribution in [0.4, 0.5) is 0 Å². The molecular weight excluding hydrogens is 264 g/mol. The summed E-state index contributed by atoms with van der Waals surface area (Å²) in [6, 6.07) is 0. The molecule has 17 heavy (non-hydrogen) atoms. The molecule has 2 aliphatic heterocycles. The van der Waals surface area contributed by atoms with Crippen molar-refractivity contribution in [3.8, 4) is 0 Å². The van der Waals surface area contributed by atoms with Crippen LogP contribution in [0.25, 0.3) is 0 Å². The normalized spacial score (nSPS) is 30.9. The fourth-order valence-corrected chi connectivity index (χ4v) is 4.21. The van der Waals surface area contributed by atoms with Crippen molar-refractivity contribution in [3.63, 3.8) is 0 Å². The Morgan fingerprint density at radius 1 is 1.35 bits per heavy atom. The number of nitrogens with one attached hydrogen (secondary N) is 1. The van der Waals surface area contributed by atoms with Gasteiger partial charge in [0.05, 0.1) is 11.9 Å². The van der Waals surface area contributed by atoms with Crippen LogP contribution >= 0.6 is 12.4 Å². The Hall–Kier alpha value is 0.120. The third-order valence-electron chi connectivity index (χ3n) is 3.63. The standard InChI is InChI=1S/C10H20N2O3S.ClH/c1-8(7-15-2)16(13,14)12-5-9-3-11-4-10(9)6-12;/h8-11H,3-7H2,1-2H3;1H/t8?,9-,10+;. The zero-order valence-electron chi connectivity index (χ0n) is 10.3. The summed E-state index contributed by atoms with van der Waals surface area (Å²) in [6.07, 6.45) is 0. The number of hydrogen-bond donors (Lipinski definition) is 1. The third kappa shape index (κ3) is 2.93. The molecule has 2 rings (SSSR count). The van der Waals surface area contributed by atoms with Crippen LogP contribution in [0.2, 0.25) is 0 Å². The van der Waals surface area contributed by atoms with E-state index in [0.717, 1.165) is 13.1 Å². The highest BCUT2D eigenvalue weighted by Gasteiger charge is 2.42. The first-order valence-electron chi connectivity index (χ1n) is 5.74. The second-order valence-electron chi connectivity index (χ2n) is 4.81. The molecule has 1 unspecified atom stereocenters. The molecule has 2 heterocycles. The predicted octanol–water partition coefficient (Wildman–Crippen LogP) is -0.0759. The zero-order valence-corrected chi connectivity index (χ0v) is 11.9. The van der Waals surface area contributed by atoms with Crippen molar-refractivity contribution < 1.29 is 13.2 Å². The van der Waals surface area contributed by atoms with Crippen molar-refractivity contribution in [2.75, 3.05) is 39.9 Å². The predicted molar refractivity (Wildman–Crippen MR) is 68.9 cm³/mol.